The van der Waals surface area contributed by atoms with E-state index in [0.717, 1.165) is 12.3 Å². The molecule has 0 aromatic carbocycles. The van der Waals surface area contributed by atoms with E-state index in [2.05, 4.69) is 32.2 Å². The molecule has 0 bridgehead atoms. The Kier molecular flexibility index (Phi) is 3.88. The summed E-state index contributed by atoms with van der Waals surface area (Å²) in [6, 6.07) is 11.2. The number of hydrogen-bond acceptors (Lipinski definition) is 5. The van der Waals surface area contributed by atoms with Gasteiger partial charge in [0.25, 0.3) is 0 Å². The molecule has 0 N–H and O–H groups in total. The van der Waals surface area contributed by atoms with Crippen LogP contribution in [0.4, 0.5) is 13.2 Å². The number of aromatic nitrogens is 5. The molecule has 0 atom stereocenters. The molecule has 4 rings (SSSR count). The highest BCUT2D eigenvalue weighted by atomic mass is 19.4. The Morgan fingerprint density at radius 3 is 2.70 bits per heavy atom. The number of alkyl halides is 3. The van der Waals surface area contributed by atoms with Gasteiger partial charge in [-0.15, -0.1) is 0 Å². The van der Waals surface area contributed by atoms with E-state index in [1.54, 1.807) is 23.9 Å². The minimum absolute atomic E-state index is 0.122. The Hall–Kier alpha value is -3.67. The van der Waals surface area contributed by atoms with E-state index in [-0.39, 0.29) is 11.6 Å². The van der Waals surface area contributed by atoms with Gasteiger partial charge in [-0.3, -0.25) is 0 Å². The first-order valence-corrected chi connectivity index (χ1v) is 7.71. The van der Waals surface area contributed by atoms with Crippen molar-refractivity contribution in [1.29, 1.82) is 0 Å². The number of halogens is 3. The van der Waals surface area contributed by atoms with Gasteiger partial charge in [-0.1, -0.05) is 6.07 Å². The minimum Gasteiger partial charge on any atom is -0.437 e. The lowest BCUT2D eigenvalue weighted by molar-refractivity contribution is -0.141. The molecule has 0 amide bonds. The summed E-state index contributed by atoms with van der Waals surface area (Å²) in [5.74, 6) is 0.299. The van der Waals surface area contributed by atoms with Crippen LogP contribution in [0, 0.1) is 12.1 Å². The summed E-state index contributed by atoms with van der Waals surface area (Å²) in [4.78, 5) is 11.8. The number of aryl methyl sites for hydroxylation is 1. The molecule has 27 heavy (non-hydrogen) atoms. The van der Waals surface area contributed by atoms with Crippen LogP contribution in [0.3, 0.4) is 0 Å². The molecule has 6 nitrogen and oxygen atoms in total. The van der Waals surface area contributed by atoms with E-state index in [9.17, 15) is 13.2 Å². The van der Waals surface area contributed by atoms with E-state index >= 15 is 0 Å². The van der Waals surface area contributed by atoms with Crippen molar-refractivity contribution in [2.24, 2.45) is 7.05 Å². The van der Waals surface area contributed by atoms with Crippen molar-refractivity contribution in [1.82, 2.24) is 24.7 Å². The van der Waals surface area contributed by atoms with Crippen LogP contribution in [-0.2, 0) is 13.2 Å². The maximum atomic E-state index is 12.6. The Morgan fingerprint density at radius 2 is 1.96 bits per heavy atom. The van der Waals surface area contributed by atoms with E-state index in [4.69, 9.17) is 4.74 Å². The molecule has 0 aliphatic carbocycles. The predicted octanol–water partition coefficient (Wildman–Crippen LogP) is 3.84. The maximum Gasteiger partial charge on any atom is 0.433 e. The Balaban J connectivity index is 1.74. The fraction of sp³-hybridized carbons (Fsp3) is 0.111. The van der Waals surface area contributed by atoms with E-state index < -0.39 is 11.9 Å². The molecule has 4 heterocycles. The second-order valence-corrected chi connectivity index (χ2v) is 5.53. The van der Waals surface area contributed by atoms with Gasteiger partial charge in [-0.2, -0.15) is 18.3 Å². The van der Waals surface area contributed by atoms with Gasteiger partial charge in [0.2, 0.25) is 5.88 Å². The summed E-state index contributed by atoms with van der Waals surface area (Å²) in [6.45, 7) is 0. The third-order valence-corrected chi connectivity index (χ3v) is 3.73. The quantitative estimate of drug-likeness (QED) is 0.549. The van der Waals surface area contributed by atoms with Crippen molar-refractivity contribution in [2.75, 3.05) is 0 Å². The van der Waals surface area contributed by atoms with Crippen LogP contribution in [0.1, 0.15) is 5.69 Å². The number of pyridine rings is 2. The maximum absolute atomic E-state index is 12.6. The number of rotatable bonds is 3. The van der Waals surface area contributed by atoms with Gasteiger partial charge in [0.1, 0.15) is 17.1 Å². The third kappa shape index (κ3) is 3.13. The highest BCUT2D eigenvalue weighted by molar-refractivity contribution is 5.91. The van der Waals surface area contributed by atoms with Gasteiger partial charge in [0.05, 0.1) is 23.3 Å². The zero-order chi connectivity index (χ0) is 19.0. The lowest BCUT2D eigenvalue weighted by Crippen LogP contribution is -2.07. The van der Waals surface area contributed by atoms with E-state index in [0.29, 0.717) is 22.3 Å². The predicted molar refractivity (Wildman–Crippen MR) is 88.7 cm³/mol. The smallest absolute Gasteiger partial charge is 0.433 e. The Bertz CT molecular complexity index is 1110. The fourth-order valence-electron chi connectivity index (χ4n) is 2.54. The van der Waals surface area contributed by atoms with Crippen LogP contribution in [0.5, 0.6) is 11.6 Å². The SMILES string of the molecule is Cn1nc(-c2cccnc2Oc2ccc(C(F)(F)F)nc2)c2c#ccnc21. The van der Waals surface area contributed by atoms with Gasteiger partial charge >= 0.3 is 6.18 Å². The molecule has 4 aromatic rings. The molecular formula is C18H10F3N5O. The normalized spacial score (nSPS) is 11.4. The second kappa shape index (κ2) is 6.25. The van der Waals surface area contributed by atoms with Gasteiger partial charge < -0.3 is 4.74 Å². The van der Waals surface area contributed by atoms with Crippen molar-refractivity contribution in [3.63, 3.8) is 0 Å². The fourth-order valence-corrected chi connectivity index (χ4v) is 2.54. The molecule has 134 valence electrons. The number of hydrogen-bond donors (Lipinski definition) is 0. The molecular weight excluding hydrogens is 359 g/mol. The molecule has 0 spiro atoms. The van der Waals surface area contributed by atoms with Crippen LogP contribution in [-0.4, -0.2) is 24.7 Å². The Morgan fingerprint density at radius 1 is 1.11 bits per heavy atom. The lowest BCUT2D eigenvalue weighted by atomic mass is 10.1. The van der Waals surface area contributed by atoms with E-state index in [1.165, 1.54) is 18.5 Å². The first-order chi connectivity index (χ1) is 12.9. The van der Waals surface area contributed by atoms with Crippen LogP contribution in [0.2, 0.25) is 0 Å². The molecule has 0 saturated heterocycles. The van der Waals surface area contributed by atoms with E-state index in [1.807, 2.05) is 0 Å². The minimum atomic E-state index is -4.51. The number of ether oxygens (including phenoxy) is 1. The third-order valence-electron chi connectivity index (χ3n) is 3.73. The zero-order valence-corrected chi connectivity index (χ0v) is 13.8. The Labute approximate surface area is 151 Å². The molecule has 0 radical (unpaired) electrons. The van der Waals surface area contributed by atoms with Crippen LogP contribution in [0.15, 0.2) is 42.9 Å². The number of fused-ring (bicyclic) bond motifs is 1. The van der Waals surface area contributed by atoms with Crippen molar-refractivity contribution >= 4 is 11.0 Å². The number of nitrogens with zero attached hydrogens (tertiary/aromatic N) is 5. The summed E-state index contributed by atoms with van der Waals surface area (Å²) >= 11 is 0. The van der Waals surface area contributed by atoms with Crippen LogP contribution < -0.4 is 4.74 Å². The molecule has 0 aliphatic rings. The van der Waals surface area contributed by atoms with Gasteiger partial charge in [-0.25, -0.2) is 19.6 Å². The van der Waals surface area contributed by atoms with Gasteiger partial charge in [0, 0.05) is 13.2 Å². The van der Waals surface area contributed by atoms with Gasteiger partial charge in [0.15, 0.2) is 5.65 Å². The average Bonchev–Trinajstić information content (AvgIpc) is 2.99. The summed E-state index contributed by atoms with van der Waals surface area (Å²) < 4.78 is 45.2. The molecule has 0 fully saturated rings. The lowest BCUT2D eigenvalue weighted by Gasteiger charge is -2.09. The zero-order valence-electron chi connectivity index (χ0n) is 13.8. The molecule has 0 aliphatic heterocycles. The van der Waals surface area contributed by atoms with Crippen molar-refractivity contribution in [2.45, 2.75) is 6.18 Å². The largest absolute Gasteiger partial charge is 0.437 e. The molecule has 0 saturated carbocycles. The second-order valence-electron chi connectivity index (χ2n) is 5.53. The first-order valence-electron chi connectivity index (χ1n) is 7.71. The molecule has 9 heteroatoms. The summed E-state index contributed by atoms with van der Waals surface area (Å²) in [5, 5.41) is 5.06. The van der Waals surface area contributed by atoms with Crippen LogP contribution in [0.25, 0.3) is 22.3 Å². The van der Waals surface area contributed by atoms with Crippen molar-refractivity contribution in [3.8, 4) is 22.9 Å². The first kappa shape index (κ1) is 16.8. The highest BCUT2D eigenvalue weighted by Crippen LogP contribution is 2.34. The van der Waals surface area contributed by atoms with Crippen molar-refractivity contribution < 1.29 is 17.9 Å². The molecule has 0 unspecified atom stereocenters. The average molecular weight is 369 g/mol. The summed E-state index contributed by atoms with van der Waals surface area (Å²) in [6.07, 6.45) is -0.516. The monoisotopic (exact) mass is 369 g/mol. The summed E-state index contributed by atoms with van der Waals surface area (Å²) in [5.41, 5.74) is 0.679. The standard InChI is InChI=1S/C18H10F3N5O/c1-26-16-12(4-2-8-22-16)15(25-26)13-5-3-9-23-17(13)27-11-6-7-14(24-10-11)18(19,20)21/h3,5-10H,1H3. The van der Waals surface area contributed by atoms with Crippen LogP contribution >= 0.6 is 0 Å². The molecule has 4 aromatic heterocycles. The topological polar surface area (TPSA) is 65.7 Å². The highest BCUT2D eigenvalue weighted by Gasteiger charge is 2.32. The summed E-state index contributed by atoms with van der Waals surface area (Å²) in [7, 11) is 1.74. The van der Waals surface area contributed by atoms with Gasteiger partial charge in [-0.05, 0) is 30.3 Å². The van der Waals surface area contributed by atoms with Crippen molar-refractivity contribution in [3.05, 3.63) is 60.7 Å².